The number of carbonyl (C=O) groups excluding carboxylic acids is 3. The van der Waals surface area contributed by atoms with Gasteiger partial charge in [0.2, 0.25) is 0 Å². The Morgan fingerprint density at radius 1 is 1.43 bits per heavy atom. The number of ether oxygens (including phenoxy) is 1. The van der Waals surface area contributed by atoms with Gasteiger partial charge in [-0.25, -0.2) is 22.5 Å². The normalized spacial score (nSPS) is 19.4. The number of carbonyl (C=O) groups is 3. The Hall–Kier alpha value is -1.49. The number of thiazole rings is 1. The molecule has 2 heterocycles. The van der Waals surface area contributed by atoms with E-state index in [2.05, 4.69) is 25.0 Å². The standard InChI is InChI=1S/C11H12ClN5O8S2.Na/c1-24-10(20)6-5(9(19)17(6)27(21,22)23)14-8(18)4(16-25-2)3-7(12)26-11(13)15-3;/h5-6H,1-2H3,(H2,13,15)(H,14,18)(H,21,22,23);/q;+1/p-1/b16-4-;. The summed E-state index contributed by atoms with van der Waals surface area (Å²) in [6, 6.07) is -3.56. The number of nitrogens with two attached hydrogens (primary N) is 1. The van der Waals surface area contributed by atoms with Crippen LogP contribution in [-0.2, 0) is 34.3 Å². The van der Waals surface area contributed by atoms with Crippen molar-refractivity contribution in [3.05, 3.63) is 10.0 Å². The second-order valence-corrected chi connectivity index (χ2v) is 7.69. The van der Waals surface area contributed by atoms with E-state index in [4.69, 9.17) is 17.3 Å². The summed E-state index contributed by atoms with van der Waals surface area (Å²) < 4.78 is 37.5. The summed E-state index contributed by atoms with van der Waals surface area (Å²) in [6.45, 7) is 0. The monoisotopic (exact) mass is 463 g/mol. The predicted octanol–water partition coefficient (Wildman–Crippen LogP) is -4.94. The van der Waals surface area contributed by atoms with Gasteiger partial charge >= 0.3 is 35.5 Å². The Labute approximate surface area is 189 Å². The minimum absolute atomic E-state index is 0. The quantitative estimate of drug-likeness (QED) is 0.103. The van der Waals surface area contributed by atoms with Gasteiger partial charge in [-0.3, -0.25) is 9.59 Å². The van der Waals surface area contributed by atoms with E-state index in [1.54, 1.807) is 0 Å². The second kappa shape index (κ2) is 9.34. The number of methoxy groups -OCH3 is 1. The third-order valence-electron chi connectivity index (χ3n) is 3.25. The van der Waals surface area contributed by atoms with Crippen LogP contribution in [0.4, 0.5) is 5.13 Å². The van der Waals surface area contributed by atoms with Crippen molar-refractivity contribution in [1.29, 1.82) is 0 Å². The average Bonchev–Trinajstić information content (AvgIpc) is 2.90. The molecule has 2 rings (SSSR count). The molecule has 1 aliphatic rings. The zero-order chi connectivity index (χ0) is 20.5. The molecule has 0 aliphatic carbocycles. The van der Waals surface area contributed by atoms with Gasteiger partial charge in [-0.2, -0.15) is 0 Å². The van der Waals surface area contributed by atoms with Crippen LogP contribution in [0.2, 0.25) is 4.34 Å². The molecule has 13 nitrogen and oxygen atoms in total. The molecule has 0 radical (unpaired) electrons. The molecular formula is C11H11ClN5NaO8S2. The zero-order valence-corrected chi connectivity index (χ0v) is 18.9. The topological polar surface area (TPSA) is 193 Å². The molecule has 2 amide bonds. The largest absolute Gasteiger partial charge is 1.00 e. The van der Waals surface area contributed by atoms with E-state index in [9.17, 15) is 27.4 Å². The van der Waals surface area contributed by atoms with Crippen molar-refractivity contribution in [2.75, 3.05) is 20.0 Å². The van der Waals surface area contributed by atoms with Crippen LogP contribution in [0.15, 0.2) is 5.16 Å². The number of halogens is 1. The maximum atomic E-state index is 12.4. The second-order valence-electron chi connectivity index (χ2n) is 4.81. The summed E-state index contributed by atoms with van der Waals surface area (Å²) in [5.74, 6) is -3.63. The fraction of sp³-hybridized carbons (Fsp3) is 0.364. The van der Waals surface area contributed by atoms with E-state index in [1.807, 2.05) is 0 Å². The van der Waals surface area contributed by atoms with Crippen LogP contribution in [0.5, 0.6) is 0 Å². The van der Waals surface area contributed by atoms with Crippen molar-refractivity contribution in [2.45, 2.75) is 12.1 Å². The summed E-state index contributed by atoms with van der Waals surface area (Å²) in [5, 5.41) is 5.54. The van der Waals surface area contributed by atoms with Gasteiger partial charge in [0, 0.05) is 0 Å². The van der Waals surface area contributed by atoms with Crippen molar-refractivity contribution >= 4 is 61.9 Å². The number of nitrogens with one attached hydrogen (secondary N) is 1. The molecule has 148 valence electrons. The first-order valence-electron chi connectivity index (χ1n) is 6.74. The first kappa shape index (κ1) is 24.5. The average molecular weight is 464 g/mol. The number of aromatic nitrogens is 1. The molecule has 0 saturated carbocycles. The van der Waals surface area contributed by atoms with Crippen LogP contribution in [0.3, 0.4) is 0 Å². The van der Waals surface area contributed by atoms with Gasteiger partial charge < -0.3 is 25.2 Å². The van der Waals surface area contributed by atoms with Gasteiger partial charge in [0.1, 0.15) is 23.2 Å². The number of esters is 1. The van der Waals surface area contributed by atoms with E-state index < -0.39 is 45.9 Å². The molecule has 2 unspecified atom stereocenters. The Kier molecular flexibility index (Phi) is 8.19. The van der Waals surface area contributed by atoms with E-state index in [1.165, 1.54) is 0 Å². The summed E-state index contributed by atoms with van der Waals surface area (Å²) in [4.78, 5) is 44.5. The molecule has 0 aromatic carbocycles. The van der Waals surface area contributed by atoms with Crippen molar-refractivity contribution in [3.63, 3.8) is 0 Å². The maximum Gasteiger partial charge on any atom is 1.00 e. The molecule has 1 aliphatic heterocycles. The van der Waals surface area contributed by atoms with Gasteiger partial charge in [-0.15, -0.1) is 0 Å². The van der Waals surface area contributed by atoms with Crippen molar-refractivity contribution in [2.24, 2.45) is 5.16 Å². The Balaban J connectivity index is 0.00000392. The molecule has 17 heteroatoms. The molecule has 0 spiro atoms. The van der Waals surface area contributed by atoms with E-state index in [-0.39, 0.29) is 49.0 Å². The maximum absolute atomic E-state index is 12.4. The number of oxime groups is 1. The van der Waals surface area contributed by atoms with Gasteiger partial charge in [-0.05, 0) is 0 Å². The SMILES string of the molecule is CO/N=C(\C(=O)NC1C(=O)N(S(=O)(=O)[O-])C1C(=O)OC)c1nc(N)sc1Cl.[Na+]. The third-order valence-corrected chi connectivity index (χ3v) is 5.22. The smallest absolute Gasteiger partial charge is 0.731 e. The van der Waals surface area contributed by atoms with Gasteiger partial charge in [-0.1, -0.05) is 28.1 Å². The minimum atomic E-state index is -5.30. The number of amides is 2. The molecule has 0 bridgehead atoms. The summed E-state index contributed by atoms with van der Waals surface area (Å²) in [6.07, 6.45) is 0. The summed E-state index contributed by atoms with van der Waals surface area (Å²) in [5.41, 5.74) is 4.84. The number of nitrogen functional groups attached to an aromatic ring is 1. The molecular weight excluding hydrogens is 453 g/mol. The number of anilines is 1. The van der Waals surface area contributed by atoms with E-state index >= 15 is 0 Å². The first-order valence-corrected chi connectivity index (χ1v) is 9.30. The van der Waals surface area contributed by atoms with Crippen LogP contribution < -0.4 is 40.6 Å². The fourth-order valence-electron chi connectivity index (χ4n) is 2.16. The fourth-order valence-corrected chi connectivity index (χ4v) is 3.91. The van der Waals surface area contributed by atoms with E-state index in [0.29, 0.717) is 0 Å². The molecule has 1 aromatic heterocycles. The molecule has 1 aromatic rings. The third kappa shape index (κ3) is 4.73. The molecule has 1 fully saturated rings. The van der Waals surface area contributed by atoms with Crippen LogP contribution in [-0.4, -0.2) is 72.1 Å². The molecule has 28 heavy (non-hydrogen) atoms. The predicted molar refractivity (Wildman–Crippen MR) is 89.4 cm³/mol. The molecule has 1 saturated heterocycles. The van der Waals surface area contributed by atoms with Crippen molar-refractivity contribution < 1.29 is 66.5 Å². The van der Waals surface area contributed by atoms with Crippen LogP contribution in [0, 0.1) is 0 Å². The number of rotatable bonds is 6. The Morgan fingerprint density at radius 3 is 2.46 bits per heavy atom. The molecule has 3 N–H and O–H groups in total. The van der Waals surface area contributed by atoms with Gasteiger partial charge in [0.05, 0.1) is 7.11 Å². The number of β-lactam (4-membered cyclic amide) rings is 1. The van der Waals surface area contributed by atoms with Gasteiger partial charge in [0.25, 0.3) is 11.8 Å². The minimum Gasteiger partial charge on any atom is -0.731 e. The number of hydrogen-bond donors (Lipinski definition) is 2. The number of hydrogen-bond acceptors (Lipinski definition) is 12. The van der Waals surface area contributed by atoms with Crippen molar-refractivity contribution in [1.82, 2.24) is 14.6 Å². The Morgan fingerprint density at radius 2 is 2.04 bits per heavy atom. The van der Waals surface area contributed by atoms with Crippen LogP contribution in [0.25, 0.3) is 0 Å². The van der Waals surface area contributed by atoms with Crippen molar-refractivity contribution in [3.8, 4) is 0 Å². The van der Waals surface area contributed by atoms with Crippen LogP contribution in [0.1, 0.15) is 5.69 Å². The van der Waals surface area contributed by atoms with E-state index in [0.717, 1.165) is 25.6 Å². The summed E-state index contributed by atoms with van der Waals surface area (Å²) in [7, 11) is -3.26. The first-order chi connectivity index (χ1) is 12.5. The van der Waals surface area contributed by atoms with Gasteiger partial charge in [0.15, 0.2) is 27.2 Å². The molecule has 2 atom stereocenters. The number of nitrogens with zero attached hydrogens (tertiary/aromatic N) is 3. The summed E-state index contributed by atoms with van der Waals surface area (Å²) >= 11 is 6.75. The van der Waals surface area contributed by atoms with Crippen LogP contribution >= 0.6 is 22.9 Å². The Bertz CT molecular complexity index is 935. The zero-order valence-electron chi connectivity index (χ0n) is 14.5.